The van der Waals surface area contributed by atoms with Crippen LogP contribution in [-0.2, 0) is 0 Å². The molecule has 0 aliphatic carbocycles. The Labute approximate surface area is 100 Å². The molecular formula is C10H8ClN3O3. The third-order valence-electron chi connectivity index (χ3n) is 2.04. The van der Waals surface area contributed by atoms with Crippen LogP contribution in [-0.4, -0.2) is 21.0 Å². The second kappa shape index (κ2) is 4.34. The molecule has 0 spiro atoms. The lowest BCUT2D eigenvalue weighted by Gasteiger charge is -2.04. The Balaban J connectivity index is 2.18. The quantitative estimate of drug-likeness (QED) is 0.650. The number of nitrogens with one attached hydrogen (secondary N) is 3. The summed E-state index contributed by atoms with van der Waals surface area (Å²) in [5.74, 6) is -0.628. The van der Waals surface area contributed by atoms with Crippen molar-refractivity contribution in [2.75, 3.05) is 5.32 Å². The molecule has 0 saturated carbocycles. The molecule has 0 radical (unpaired) electrons. The van der Waals surface area contributed by atoms with E-state index in [2.05, 4.69) is 15.3 Å². The summed E-state index contributed by atoms with van der Waals surface area (Å²) in [5, 5.41) is 12.0. The van der Waals surface area contributed by atoms with Gasteiger partial charge in [0, 0.05) is 18.0 Å². The lowest BCUT2D eigenvalue weighted by Crippen LogP contribution is -2.13. The fourth-order valence-corrected chi connectivity index (χ4v) is 1.36. The van der Waals surface area contributed by atoms with E-state index in [0.29, 0.717) is 5.69 Å². The van der Waals surface area contributed by atoms with E-state index in [1.807, 2.05) is 0 Å². The molecular weight excluding hydrogens is 246 g/mol. The number of amides is 1. The number of carbonyl (C=O) groups is 1. The summed E-state index contributed by atoms with van der Waals surface area (Å²) in [7, 11) is 0. The number of halogens is 1. The van der Waals surface area contributed by atoms with Gasteiger partial charge in [-0.15, -0.1) is 0 Å². The van der Waals surface area contributed by atoms with E-state index in [1.165, 1.54) is 24.4 Å². The molecule has 0 fully saturated rings. The Morgan fingerprint density at radius 2 is 2.18 bits per heavy atom. The number of benzene rings is 1. The molecule has 1 aromatic carbocycles. The molecule has 4 N–H and O–H groups in total. The molecule has 1 aromatic heterocycles. The van der Waals surface area contributed by atoms with Crippen LogP contribution in [0.1, 0.15) is 10.5 Å². The van der Waals surface area contributed by atoms with Crippen LogP contribution in [0.25, 0.3) is 0 Å². The van der Waals surface area contributed by atoms with Crippen LogP contribution in [0.3, 0.4) is 0 Å². The van der Waals surface area contributed by atoms with Crippen molar-refractivity contribution in [3.63, 3.8) is 0 Å². The van der Waals surface area contributed by atoms with Gasteiger partial charge in [0.15, 0.2) is 0 Å². The van der Waals surface area contributed by atoms with Gasteiger partial charge >= 0.3 is 5.69 Å². The Morgan fingerprint density at radius 1 is 1.41 bits per heavy atom. The van der Waals surface area contributed by atoms with Gasteiger partial charge in [-0.2, -0.15) is 0 Å². The van der Waals surface area contributed by atoms with Crippen molar-refractivity contribution in [2.24, 2.45) is 0 Å². The second-order valence-electron chi connectivity index (χ2n) is 3.28. The first-order valence-electron chi connectivity index (χ1n) is 4.64. The molecule has 1 heterocycles. The minimum absolute atomic E-state index is 0.101. The molecule has 2 rings (SSSR count). The van der Waals surface area contributed by atoms with E-state index in [9.17, 15) is 14.7 Å². The van der Waals surface area contributed by atoms with Gasteiger partial charge in [-0.05, 0) is 12.1 Å². The first-order valence-corrected chi connectivity index (χ1v) is 5.01. The smallest absolute Gasteiger partial charge is 0.323 e. The summed E-state index contributed by atoms with van der Waals surface area (Å²) < 4.78 is 0. The van der Waals surface area contributed by atoms with Crippen molar-refractivity contribution in [3.8, 4) is 5.75 Å². The van der Waals surface area contributed by atoms with Crippen molar-refractivity contribution in [3.05, 3.63) is 45.6 Å². The largest absolute Gasteiger partial charge is 0.506 e. The predicted octanol–water partition coefficient (Wildman–Crippen LogP) is 1.31. The molecule has 2 aromatic rings. The molecule has 88 valence electrons. The lowest BCUT2D eigenvalue weighted by molar-refractivity contribution is 0.102. The third-order valence-corrected chi connectivity index (χ3v) is 2.36. The van der Waals surface area contributed by atoms with Crippen LogP contribution >= 0.6 is 11.6 Å². The number of aromatic amines is 2. The molecule has 7 heteroatoms. The summed E-state index contributed by atoms with van der Waals surface area (Å²) >= 11 is 5.62. The number of H-pyrrole nitrogens is 2. The summed E-state index contributed by atoms with van der Waals surface area (Å²) in [4.78, 5) is 27.0. The van der Waals surface area contributed by atoms with Crippen LogP contribution in [0.15, 0.2) is 29.2 Å². The van der Waals surface area contributed by atoms with Crippen molar-refractivity contribution in [1.82, 2.24) is 9.97 Å². The van der Waals surface area contributed by atoms with Gasteiger partial charge in [0.25, 0.3) is 5.91 Å². The number of aromatic nitrogens is 2. The third kappa shape index (κ3) is 2.48. The van der Waals surface area contributed by atoms with Crippen LogP contribution in [0, 0.1) is 0 Å². The molecule has 0 aliphatic heterocycles. The van der Waals surface area contributed by atoms with Crippen LogP contribution in [0.5, 0.6) is 5.75 Å². The van der Waals surface area contributed by atoms with Crippen molar-refractivity contribution in [2.45, 2.75) is 0 Å². The first-order chi connectivity index (χ1) is 8.06. The molecule has 0 atom stereocenters. The molecule has 17 heavy (non-hydrogen) atoms. The monoisotopic (exact) mass is 253 g/mol. The predicted molar refractivity (Wildman–Crippen MR) is 62.5 cm³/mol. The summed E-state index contributed by atoms with van der Waals surface area (Å²) in [6, 6.07) is 4.29. The minimum atomic E-state index is -0.495. The fraction of sp³-hybridized carbons (Fsp3) is 0. The van der Waals surface area contributed by atoms with E-state index >= 15 is 0 Å². The number of anilines is 1. The van der Waals surface area contributed by atoms with Crippen LogP contribution in [0.2, 0.25) is 5.02 Å². The summed E-state index contributed by atoms with van der Waals surface area (Å²) in [5.41, 5.74) is 0.0116. The van der Waals surface area contributed by atoms with Crippen LogP contribution < -0.4 is 11.0 Å². The van der Waals surface area contributed by atoms with E-state index in [1.54, 1.807) is 0 Å². The van der Waals surface area contributed by atoms with Gasteiger partial charge in [-0.25, -0.2) is 4.79 Å². The van der Waals surface area contributed by atoms with Gasteiger partial charge in [-0.1, -0.05) is 11.6 Å². The van der Waals surface area contributed by atoms with Crippen LogP contribution in [0.4, 0.5) is 5.69 Å². The SMILES string of the molecule is O=C(Nc1ccc(Cl)c(O)c1)c1c[nH]c(=O)[nH]1. The Bertz CT molecular complexity index is 617. The number of phenols is 1. The van der Waals surface area contributed by atoms with Gasteiger partial charge in [0.1, 0.15) is 11.4 Å². The number of hydrogen-bond acceptors (Lipinski definition) is 3. The zero-order valence-electron chi connectivity index (χ0n) is 8.45. The minimum Gasteiger partial charge on any atom is -0.506 e. The zero-order chi connectivity index (χ0) is 12.4. The lowest BCUT2D eigenvalue weighted by atomic mass is 10.3. The highest BCUT2D eigenvalue weighted by Crippen LogP contribution is 2.26. The molecule has 0 unspecified atom stereocenters. The van der Waals surface area contributed by atoms with E-state index in [4.69, 9.17) is 11.6 Å². The topological polar surface area (TPSA) is 98.0 Å². The maximum absolute atomic E-state index is 11.6. The molecule has 0 aliphatic rings. The highest BCUT2D eigenvalue weighted by atomic mass is 35.5. The number of aromatic hydroxyl groups is 1. The molecule has 0 saturated heterocycles. The second-order valence-corrected chi connectivity index (χ2v) is 3.68. The molecule has 6 nitrogen and oxygen atoms in total. The summed E-state index contributed by atoms with van der Waals surface area (Å²) in [6.07, 6.45) is 1.26. The Kier molecular flexibility index (Phi) is 2.88. The number of rotatable bonds is 2. The van der Waals surface area contributed by atoms with Crippen molar-refractivity contribution < 1.29 is 9.90 Å². The molecule has 1 amide bonds. The van der Waals surface area contributed by atoms with E-state index in [-0.39, 0.29) is 16.5 Å². The van der Waals surface area contributed by atoms with Crippen molar-refractivity contribution >= 4 is 23.2 Å². The Hall–Kier alpha value is -2.21. The maximum atomic E-state index is 11.6. The highest BCUT2D eigenvalue weighted by Gasteiger charge is 2.09. The zero-order valence-corrected chi connectivity index (χ0v) is 9.21. The summed E-state index contributed by atoms with van der Waals surface area (Å²) in [6.45, 7) is 0. The average molecular weight is 254 g/mol. The van der Waals surface area contributed by atoms with E-state index < -0.39 is 11.6 Å². The Morgan fingerprint density at radius 3 is 2.76 bits per heavy atom. The average Bonchev–Trinajstić information content (AvgIpc) is 2.70. The van der Waals surface area contributed by atoms with Crippen molar-refractivity contribution in [1.29, 1.82) is 0 Å². The van der Waals surface area contributed by atoms with E-state index in [0.717, 1.165) is 0 Å². The number of hydrogen-bond donors (Lipinski definition) is 4. The van der Waals surface area contributed by atoms with Gasteiger partial charge in [0.05, 0.1) is 5.02 Å². The normalized spacial score (nSPS) is 10.2. The highest BCUT2D eigenvalue weighted by molar-refractivity contribution is 6.32. The van der Waals surface area contributed by atoms with Gasteiger partial charge in [-0.3, -0.25) is 4.79 Å². The first kappa shape index (κ1) is 11.3. The maximum Gasteiger partial charge on any atom is 0.323 e. The number of phenolic OH excluding ortho intramolecular Hbond substituents is 1. The number of imidazole rings is 1. The fourth-order valence-electron chi connectivity index (χ4n) is 1.24. The number of carbonyl (C=O) groups excluding carboxylic acids is 1. The van der Waals surface area contributed by atoms with Gasteiger partial charge in [0.2, 0.25) is 0 Å². The molecule has 0 bridgehead atoms. The van der Waals surface area contributed by atoms with Gasteiger partial charge < -0.3 is 20.4 Å². The standard InChI is InChI=1S/C10H8ClN3O3/c11-6-2-1-5(3-8(6)15)13-9(16)7-4-12-10(17)14-7/h1-4,15H,(H,13,16)(H2,12,14,17).